The molecular formula is C12H16N4O2S. The minimum Gasteiger partial charge on any atom is -0.466 e. The fourth-order valence-electron chi connectivity index (χ4n) is 1.55. The molecule has 0 fully saturated rings. The van der Waals surface area contributed by atoms with E-state index in [1.165, 1.54) is 11.3 Å². The molecule has 2 aromatic heterocycles. The minimum absolute atomic E-state index is 0.229. The predicted octanol–water partition coefficient (Wildman–Crippen LogP) is 1.63. The Morgan fingerprint density at radius 3 is 3.21 bits per heavy atom. The maximum absolute atomic E-state index is 11.3. The molecule has 19 heavy (non-hydrogen) atoms. The van der Waals surface area contributed by atoms with Crippen molar-refractivity contribution in [2.75, 3.05) is 18.5 Å². The summed E-state index contributed by atoms with van der Waals surface area (Å²) < 4.78 is 4.88. The zero-order valence-electron chi connectivity index (χ0n) is 10.7. The first kappa shape index (κ1) is 13.5. The van der Waals surface area contributed by atoms with Crippen molar-refractivity contribution in [1.29, 1.82) is 0 Å². The molecule has 0 atom stereocenters. The predicted molar refractivity (Wildman–Crippen MR) is 73.2 cm³/mol. The van der Waals surface area contributed by atoms with Crippen molar-refractivity contribution >= 4 is 22.4 Å². The van der Waals surface area contributed by atoms with Gasteiger partial charge in [0.05, 0.1) is 25.0 Å². The molecule has 0 aliphatic rings. The lowest BCUT2D eigenvalue weighted by Gasteiger charge is -2.00. The molecule has 0 aliphatic heterocycles. The fourth-order valence-corrected chi connectivity index (χ4v) is 2.29. The van der Waals surface area contributed by atoms with Gasteiger partial charge in [0.2, 0.25) is 0 Å². The van der Waals surface area contributed by atoms with Crippen molar-refractivity contribution < 1.29 is 9.53 Å². The summed E-state index contributed by atoms with van der Waals surface area (Å²) in [5, 5.41) is 5.90. The smallest absolute Gasteiger partial charge is 0.311 e. The van der Waals surface area contributed by atoms with Gasteiger partial charge in [0.15, 0.2) is 5.13 Å². The van der Waals surface area contributed by atoms with Crippen LogP contribution in [0.2, 0.25) is 0 Å². The molecule has 0 radical (unpaired) electrons. The first-order valence-corrected chi connectivity index (χ1v) is 6.97. The Labute approximate surface area is 115 Å². The average Bonchev–Trinajstić information content (AvgIpc) is 3.01. The largest absolute Gasteiger partial charge is 0.466 e. The Hall–Kier alpha value is -1.89. The highest BCUT2D eigenvalue weighted by Crippen LogP contribution is 2.16. The van der Waals surface area contributed by atoms with Crippen LogP contribution in [0.25, 0.3) is 0 Å². The number of hydrogen-bond acceptors (Lipinski definition) is 6. The molecule has 0 aliphatic carbocycles. The molecule has 2 heterocycles. The lowest BCUT2D eigenvalue weighted by atomic mass is 10.3. The molecule has 0 unspecified atom stereocenters. The summed E-state index contributed by atoms with van der Waals surface area (Å²) in [4.78, 5) is 22.6. The first-order chi connectivity index (χ1) is 9.28. The molecule has 2 N–H and O–H groups in total. The van der Waals surface area contributed by atoms with E-state index in [9.17, 15) is 4.79 Å². The molecule has 0 amide bonds. The number of aromatic nitrogens is 3. The number of H-pyrrole nitrogens is 1. The number of nitrogens with one attached hydrogen (secondary N) is 2. The zero-order valence-corrected chi connectivity index (χ0v) is 11.5. The molecule has 6 nitrogen and oxygen atoms in total. The van der Waals surface area contributed by atoms with Gasteiger partial charge < -0.3 is 15.0 Å². The number of ether oxygens (including phenoxy) is 1. The van der Waals surface area contributed by atoms with Gasteiger partial charge in [0.1, 0.15) is 0 Å². The fraction of sp³-hybridized carbons (Fsp3) is 0.417. The first-order valence-electron chi connectivity index (χ1n) is 6.09. The van der Waals surface area contributed by atoms with Gasteiger partial charge >= 0.3 is 5.97 Å². The zero-order chi connectivity index (χ0) is 13.5. The molecule has 2 aromatic rings. The number of nitrogens with zero attached hydrogens (tertiary/aromatic N) is 2. The lowest BCUT2D eigenvalue weighted by Crippen LogP contribution is -2.08. The highest BCUT2D eigenvalue weighted by molar-refractivity contribution is 7.13. The van der Waals surface area contributed by atoms with Crippen molar-refractivity contribution in [1.82, 2.24) is 15.0 Å². The van der Waals surface area contributed by atoms with E-state index < -0.39 is 0 Å². The van der Waals surface area contributed by atoms with E-state index in [2.05, 4.69) is 20.3 Å². The maximum Gasteiger partial charge on any atom is 0.311 e. The topological polar surface area (TPSA) is 79.9 Å². The number of esters is 1. The summed E-state index contributed by atoms with van der Waals surface area (Å²) in [7, 11) is 0. The Kier molecular flexibility index (Phi) is 4.91. The van der Waals surface area contributed by atoms with Gasteiger partial charge in [-0.1, -0.05) is 0 Å². The van der Waals surface area contributed by atoms with E-state index in [-0.39, 0.29) is 12.4 Å². The van der Waals surface area contributed by atoms with Crippen molar-refractivity contribution in [2.45, 2.75) is 19.8 Å². The molecule has 0 spiro atoms. The molecule has 0 aromatic carbocycles. The molecule has 7 heteroatoms. The van der Waals surface area contributed by atoms with Crippen LogP contribution in [0.4, 0.5) is 5.13 Å². The maximum atomic E-state index is 11.3. The van der Waals surface area contributed by atoms with Crippen LogP contribution in [0.3, 0.4) is 0 Å². The molecule has 0 bridgehead atoms. The quantitative estimate of drug-likeness (QED) is 0.753. The standard InChI is InChI=1S/C12H16N4O2S/c1-2-18-11(17)5-10-7-19-12(16-10)14-4-3-9-6-13-8-15-9/h6-8H,2-5H2,1H3,(H,13,15)(H,14,16). The van der Waals surface area contributed by atoms with Crippen LogP contribution in [0.5, 0.6) is 0 Å². The van der Waals surface area contributed by atoms with Crippen LogP contribution in [-0.4, -0.2) is 34.1 Å². The number of rotatable bonds is 7. The highest BCUT2D eigenvalue weighted by atomic mass is 32.1. The number of aromatic amines is 1. The Morgan fingerprint density at radius 2 is 2.47 bits per heavy atom. The number of thiazole rings is 1. The van der Waals surface area contributed by atoms with Crippen LogP contribution in [0.1, 0.15) is 18.3 Å². The number of anilines is 1. The van der Waals surface area contributed by atoms with Gasteiger partial charge in [-0.25, -0.2) is 9.97 Å². The molecule has 0 saturated carbocycles. The Bertz CT molecular complexity index is 510. The van der Waals surface area contributed by atoms with Crippen molar-refractivity contribution in [3.05, 3.63) is 29.3 Å². The molecule has 0 saturated heterocycles. The highest BCUT2D eigenvalue weighted by Gasteiger charge is 2.08. The summed E-state index contributed by atoms with van der Waals surface area (Å²) in [6.07, 6.45) is 4.55. The third-order valence-corrected chi connectivity index (χ3v) is 3.26. The second-order valence-corrected chi connectivity index (χ2v) is 4.74. The van der Waals surface area contributed by atoms with Crippen molar-refractivity contribution in [3.8, 4) is 0 Å². The van der Waals surface area contributed by atoms with E-state index in [0.717, 1.165) is 29.5 Å². The van der Waals surface area contributed by atoms with E-state index in [0.29, 0.717) is 6.61 Å². The van der Waals surface area contributed by atoms with Gasteiger partial charge in [-0.15, -0.1) is 11.3 Å². The van der Waals surface area contributed by atoms with Gasteiger partial charge in [-0.05, 0) is 6.92 Å². The molecule has 2 rings (SSSR count). The van der Waals surface area contributed by atoms with E-state index in [1.54, 1.807) is 19.4 Å². The Morgan fingerprint density at radius 1 is 1.58 bits per heavy atom. The SMILES string of the molecule is CCOC(=O)Cc1csc(NCCc2cnc[nH]2)n1. The van der Waals surface area contributed by atoms with Crippen LogP contribution in [0.15, 0.2) is 17.9 Å². The minimum atomic E-state index is -0.239. The summed E-state index contributed by atoms with van der Waals surface area (Å²) >= 11 is 1.49. The number of carbonyl (C=O) groups is 1. The van der Waals surface area contributed by atoms with E-state index in [4.69, 9.17) is 4.74 Å². The van der Waals surface area contributed by atoms with Crippen molar-refractivity contribution in [2.24, 2.45) is 0 Å². The summed E-state index contributed by atoms with van der Waals surface area (Å²) in [5.41, 5.74) is 1.82. The second-order valence-electron chi connectivity index (χ2n) is 3.88. The Balaban J connectivity index is 1.75. The van der Waals surface area contributed by atoms with Gasteiger partial charge in [0, 0.05) is 30.2 Å². The third-order valence-electron chi connectivity index (χ3n) is 2.41. The number of carbonyl (C=O) groups excluding carboxylic acids is 1. The van der Waals surface area contributed by atoms with E-state index in [1.807, 2.05) is 5.38 Å². The normalized spacial score (nSPS) is 10.4. The molecule has 102 valence electrons. The second kappa shape index (κ2) is 6.89. The van der Waals surface area contributed by atoms with Crippen LogP contribution in [-0.2, 0) is 22.4 Å². The lowest BCUT2D eigenvalue weighted by molar-refractivity contribution is -0.142. The van der Waals surface area contributed by atoms with Gasteiger partial charge in [-0.2, -0.15) is 0 Å². The summed E-state index contributed by atoms with van der Waals surface area (Å²) in [6, 6.07) is 0. The summed E-state index contributed by atoms with van der Waals surface area (Å²) in [5.74, 6) is -0.239. The van der Waals surface area contributed by atoms with Crippen LogP contribution >= 0.6 is 11.3 Å². The van der Waals surface area contributed by atoms with Gasteiger partial charge in [0.25, 0.3) is 0 Å². The third kappa shape index (κ3) is 4.36. The number of imidazole rings is 1. The van der Waals surface area contributed by atoms with Crippen LogP contribution in [0, 0.1) is 0 Å². The van der Waals surface area contributed by atoms with Crippen molar-refractivity contribution in [3.63, 3.8) is 0 Å². The van der Waals surface area contributed by atoms with Gasteiger partial charge in [-0.3, -0.25) is 4.79 Å². The number of hydrogen-bond donors (Lipinski definition) is 2. The van der Waals surface area contributed by atoms with Crippen LogP contribution < -0.4 is 5.32 Å². The molecular weight excluding hydrogens is 264 g/mol. The summed E-state index contributed by atoms with van der Waals surface area (Å²) in [6.45, 7) is 2.97. The monoisotopic (exact) mass is 280 g/mol. The average molecular weight is 280 g/mol. The van der Waals surface area contributed by atoms with E-state index >= 15 is 0 Å².